The van der Waals surface area contributed by atoms with Crippen molar-refractivity contribution in [3.8, 4) is 5.75 Å². The number of carbonyl (C=O) groups is 1. The number of ether oxygens (including phenoxy) is 1. The molecule has 5 nitrogen and oxygen atoms in total. The standard InChI is InChI=1S/C16H24N2O3/c1-21-15-5-3-2-4-12(15)10-11-17-16(20)18-13-6-8-14(19)9-7-13/h2-5,13-14,19H,6-11H2,1H3,(H2,17,18,20). The Balaban J connectivity index is 1.69. The van der Waals surface area contributed by atoms with Gasteiger partial charge in [0.15, 0.2) is 0 Å². The van der Waals surface area contributed by atoms with Gasteiger partial charge >= 0.3 is 6.03 Å². The van der Waals surface area contributed by atoms with Crippen LogP contribution in [0.4, 0.5) is 4.79 Å². The van der Waals surface area contributed by atoms with Gasteiger partial charge in [0.25, 0.3) is 0 Å². The van der Waals surface area contributed by atoms with E-state index < -0.39 is 0 Å². The molecule has 116 valence electrons. The van der Waals surface area contributed by atoms with Gasteiger partial charge < -0.3 is 20.5 Å². The van der Waals surface area contributed by atoms with Gasteiger partial charge in [0.05, 0.1) is 13.2 Å². The van der Waals surface area contributed by atoms with Crippen molar-refractivity contribution in [3.05, 3.63) is 29.8 Å². The zero-order chi connectivity index (χ0) is 15.1. The summed E-state index contributed by atoms with van der Waals surface area (Å²) in [6.07, 6.45) is 3.78. The fourth-order valence-electron chi connectivity index (χ4n) is 2.68. The summed E-state index contributed by atoms with van der Waals surface area (Å²) in [4.78, 5) is 11.8. The normalized spacial score (nSPS) is 21.6. The summed E-state index contributed by atoms with van der Waals surface area (Å²) in [7, 11) is 1.65. The number of amides is 2. The van der Waals surface area contributed by atoms with Gasteiger partial charge in [0.2, 0.25) is 0 Å². The van der Waals surface area contributed by atoms with E-state index in [1.165, 1.54) is 0 Å². The van der Waals surface area contributed by atoms with Crippen LogP contribution in [0.2, 0.25) is 0 Å². The molecule has 0 aromatic heterocycles. The molecule has 1 saturated carbocycles. The van der Waals surface area contributed by atoms with Gasteiger partial charge in [0, 0.05) is 12.6 Å². The molecule has 1 fully saturated rings. The van der Waals surface area contributed by atoms with E-state index in [1.54, 1.807) is 7.11 Å². The molecule has 1 aromatic rings. The Hall–Kier alpha value is -1.75. The average molecular weight is 292 g/mol. The van der Waals surface area contributed by atoms with Crippen molar-refractivity contribution in [1.82, 2.24) is 10.6 Å². The lowest BCUT2D eigenvalue weighted by Gasteiger charge is -2.26. The van der Waals surface area contributed by atoms with E-state index in [9.17, 15) is 9.90 Å². The molecule has 1 aliphatic carbocycles. The minimum absolute atomic E-state index is 0.133. The lowest BCUT2D eigenvalue weighted by molar-refractivity contribution is 0.117. The second-order valence-corrected chi connectivity index (χ2v) is 5.47. The van der Waals surface area contributed by atoms with E-state index in [4.69, 9.17) is 4.74 Å². The van der Waals surface area contributed by atoms with Crippen molar-refractivity contribution in [3.63, 3.8) is 0 Å². The number of aliphatic hydroxyl groups excluding tert-OH is 1. The highest BCUT2D eigenvalue weighted by molar-refractivity contribution is 5.74. The fourth-order valence-corrected chi connectivity index (χ4v) is 2.68. The third kappa shape index (κ3) is 4.93. The van der Waals surface area contributed by atoms with Crippen LogP contribution in [0.25, 0.3) is 0 Å². The van der Waals surface area contributed by atoms with Crippen molar-refractivity contribution >= 4 is 6.03 Å². The van der Waals surface area contributed by atoms with Gasteiger partial charge in [-0.05, 0) is 43.7 Å². The first-order valence-corrected chi connectivity index (χ1v) is 7.53. The van der Waals surface area contributed by atoms with E-state index >= 15 is 0 Å². The predicted molar refractivity (Wildman–Crippen MR) is 81.5 cm³/mol. The zero-order valence-electron chi connectivity index (χ0n) is 12.5. The van der Waals surface area contributed by atoms with Gasteiger partial charge in [-0.15, -0.1) is 0 Å². The molecule has 0 heterocycles. The maximum Gasteiger partial charge on any atom is 0.315 e. The van der Waals surface area contributed by atoms with Crippen molar-refractivity contribution < 1.29 is 14.6 Å². The number of urea groups is 1. The maximum absolute atomic E-state index is 11.8. The molecular weight excluding hydrogens is 268 g/mol. The number of hydrogen-bond donors (Lipinski definition) is 3. The maximum atomic E-state index is 11.8. The van der Waals surface area contributed by atoms with Crippen molar-refractivity contribution in [1.29, 1.82) is 0 Å². The van der Waals surface area contributed by atoms with Crippen LogP contribution in [0.1, 0.15) is 31.2 Å². The molecule has 5 heteroatoms. The lowest BCUT2D eigenvalue weighted by Crippen LogP contribution is -2.44. The molecule has 0 saturated heterocycles. The first kappa shape index (κ1) is 15.6. The molecule has 0 unspecified atom stereocenters. The largest absolute Gasteiger partial charge is 0.496 e. The second kappa shape index (κ2) is 7.88. The van der Waals surface area contributed by atoms with E-state index in [0.29, 0.717) is 6.54 Å². The van der Waals surface area contributed by atoms with Crippen molar-refractivity contribution in [2.45, 2.75) is 44.2 Å². The smallest absolute Gasteiger partial charge is 0.315 e. The van der Waals surface area contributed by atoms with Gasteiger partial charge in [-0.2, -0.15) is 0 Å². The highest BCUT2D eigenvalue weighted by atomic mass is 16.5. The Morgan fingerprint density at radius 3 is 2.71 bits per heavy atom. The minimum Gasteiger partial charge on any atom is -0.496 e. The molecular formula is C16H24N2O3. The van der Waals surface area contributed by atoms with Crippen molar-refractivity contribution in [2.24, 2.45) is 0 Å². The van der Waals surface area contributed by atoms with Crippen LogP contribution in [0.3, 0.4) is 0 Å². The minimum atomic E-state index is -0.198. The number of hydrogen-bond acceptors (Lipinski definition) is 3. The highest BCUT2D eigenvalue weighted by Crippen LogP contribution is 2.18. The molecule has 1 aliphatic rings. The Bertz CT molecular complexity index is 457. The molecule has 0 aliphatic heterocycles. The number of para-hydroxylation sites is 1. The van der Waals surface area contributed by atoms with Crippen LogP contribution in [-0.2, 0) is 6.42 Å². The number of methoxy groups -OCH3 is 1. The Morgan fingerprint density at radius 2 is 2.00 bits per heavy atom. The van der Waals surface area contributed by atoms with Gasteiger partial charge in [-0.3, -0.25) is 0 Å². The van der Waals surface area contributed by atoms with E-state index in [2.05, 4.69) is 10.6 Å². The highest BCUT2D eigenvalue weighted by Gasteiger charge is 2.20. The molecule has 2 amide bonds. The lowest BCUT2D eigenvalue weighted by atomic mass is 9.93. The zero-order valence-corrected chi connectivity index (χ0v) is 12.5. The predicted octanol–water partition coefficient (Wildman–Crippen LogP) is 1.84. The Morgan fingerprint density at radius 1 is 1.29 bits per heavy atom. The van der Waals surface area contributed by atoms with E-state index in [0.717, 1.165) is 43.4 Å². The summed E-state index contributed by atoms with van der Waals surface area (Å²) in [6, 6.07) is 7.86. The average Bonchev–Trinajstić information content (AvgIpc) is 2.50. The first-order valence-electron chi connectivity index (χ1n) is 7.53. The number of rotatable bonds is 5. The number of benzene rings is 1. The summed E-state index contributed by atoms with van der Waals surface area (Å²) in [5.41, 5.74) is 1.08. The third-order valence-corrected chi connectivity index (χ3v) is 3.90. The monoisotopic (exact) mass is 292 g/mol. The quantitative estimate of drug-likeness (QED) is 0.775. The Kier molecular flexibility index (Phi) is 5.87. The van der Waals surface area contributed by atoms with Gasteiger partial charge in [-0.1, -0.05) is 18.2 Å². The molecule has 21 heavy (non-hydrogen) atoms. The topological polar surface area (TPSA) is 70.6 Å². The molecule has 0 bridgehead atoms. The van der Waals surface area contributed by atoms with E-state index in [-0.39, 0.29) is 18.2 Å². The summed E-state index contributed by atoms with van der Waals surface area (Å²) in [5, 5.41) is 15.3. The number of aliphatic hydroxyl groups is 1. The number of nitrogens with one attached hydrogen (secondary N) is 2. The van der Waals surface area contributed by atoms with Crippen molar-refractivity contribution in [2.75, 3.05) is 13.7 Å². The molecule has 0 radical (unpaired) electrons. The van der Waals surface area contributed by atoms with Crippen LogP contribution in [0.5, 0.6) is 5.75 Å². The molecule has 2 rings (SSSR count). The SMILES string of the molecule is COc1ccccc1CCNC(=O)NC1CCC(O)CC1. The van der Waals surface area contributed by atoms with Crippen LogP contribution < -0.4 is 15.4 Å². The summed E-state index contributed by atoms with van der Waals surface area (Å²) >= 11 is 0. The molecule has 3 N–H and O–H groups in total. The molecule has 0 atom stereocenters. The van der Waals surface area contributed by atoms with E-state index in [1.807, 2.05) is 24.3 Å². The van der Waals surface area contributed by atoms with Crippen LogP contribution in [-0.4, -0.2) is 36.9 Å². The summed E-state index contributed by atoms with van der Waals surface area (Å²) in [6.45, 7) is 0.571. The summed E-state index contributed by atoms with van der Waals surface area (Å²) < 4.78 is 5.28. The van der Waals surface area contributed by atoms with Crippen LogP contribution in [0.15, 0.2) is 24.3 Å². The number of carbonyl (C=O) groups excluding carboxylic acids is 1. The molecule has 0 spiro atoms. The van der Waals surface area contributed by atoms with Gasteiger partial charge in [-0.25, -0.2) is 4.79 Å². The third-order valence-electron chi connectivity index (χ3n) is 3.90. The first-order chi connectivity index (χ1) is 10.2. The fraction of sp³-hybridized carbons (Fsp3) is 0.562. The molecule has 1 aromatic carbocycles. The van der Waals surface area contributed by atoms with Crippen LogP contribution in [0, 0.1) is 0 Å². The Labute approximate surface area is 125 Å². The van der Waals surface area contributed by atoms with Crippen LogP contribution >= 0.6 is 0 Å². The summed E-state index contributed by atoms with van der Waals surface area (Å²) in [5.74, 6) is 0.848. The second-order valence-electron chi connectivity index (χ2n) is 5.47. The van der Waals surface area contributed by atoms with Gasteiger partial charge in [0.1, 0.15) is 5.75 Å².